The van der Waals surface area contributed by atoms with Crippen LogP contribution < -0.4 is 14.8 Å². The Hall–Kier alpha value is -2.17. The molecule has 10 heteroatoms. The van der Waals surface area contributed by atoms with Gasteiger partial charge in [-0.25, -0.2) is 17.9 Å². The van der Waals surface area contributed by atoms with E-state index in [-0.39, 0.29) is 29.2 Å². The van der Waals surface area contributed by atoms with Crippen molar-refractivity contribution in [1.29, 1.82) is 0 Å². The first-order valence-corrected chi connectivity index (χ1v) is 8.39. The fourth-order valence-corrected chi connectivity index (χ4v) is 2.79. The summed E-state index contributed by atoms with van der Waals surface area (Å²) in [6.45, 7) is 0.152. The molecule has 0 saturated heterocycles. The SMILES string of the molecule is CNS(=O)(=O)c1cc(C(=O)NC(CCOC)C(=O)O)ccc1OC. The maximum atomic E-state index is 12.2. The molecule has 1 aromatic rings. The van der Waals surface area contributed by atoms with Gasteiger partial charge in [-0.2, -0.15) is 0 Å². The van der Waals surface area contributed by atoms with Gasteiger partial charge in [0.05, 0.1) is 7.11 Å². The lowest BCUT2D eigenvalue weighted by molar-refractivity contribution is -0.139. The third kappa shape index (κ3) is 4.91. The molecule has 1 atom stereocenters. The van der Waals surface area contributed by atoms with Gasteiger partial charge in [-0.15, -0.1) is 0 Å². The molecule has 0 saturated carbocycles. The lowest BCUT2D eigenvalue weighted by atomic mass is 10.1. The van der Waals surface area contributed by atoms with Gasteiger partial charge in [-0.05, 0) is 25.2 Å². The first-order valence-electron chi connectivity index (χ1n) is 6.91. The summed E-state index contributed by atoms with van der Waals surface area (Å²) in [7, 11) is 0.0980. The van der Waals surface area contributed by atoms with E-state index in [9.17, 15) is 18.0 Å². The largest absolute Gasteiger partial charge is 0.495 e. The minimum atomic E-state index is -3.85. The first-order chi connectivity index (χ1) is 11.3. The molecule has 134 valence electrons. The number of rotatable bonds is 9. The zero-order valence-electron chi connectivity index (χ0n) is 13.5. The number of benzene rings is 1. The number of amides is 1. The number of carboxylic acids is 1. The Labute approximate surface area is 140 Å². The van der Waals surface area contributed by atoms with Crippen LogP contribution in [0.4, 0.5) is 0 Å². The summed E-state index contributed by atoms with van der Waals surface area (Å²) >= 11 is 0. The summed E-state index contributed by atoms with van der Waals surface area (Å²) < 4.78 is 35.9. The molecule has 0 heterocycles. The van der Waals surface area contributed by atoms with Crippen molar-refractivity contribution in [2.24, 2.45) is 0 Å². The lowest BCUT2D eigenvalue weighted by Crippen LogP contribution is -2.41. The van der Waals surface area contributed by atoms with Gasteiger partial charge in [0.15, 0.2) is 0 Å². The van der Waals surface area contributed by atoms with Gasteiger partial charge in [0.2, 0.25) is 10.0 Å². The number of ether oxygens (including phenoxy) is 2. The number of carbonyl (C=O) groups excluding carboxylic acids is 1. The summed E-state index contributed by atoms with van der Waals surface area (Å²) in [4.78, 5) is 23.1. The summed E-state index contributed by atoms with van der Waals surface area (Å²) in [5.41, 5.74) is -0.00621. The van der Waals surface area contributed by atoms with Crippen molar-refractivity contribution in [1.82, 2.24) is 10.0 Å². The average Bonchev–Trinajstić information content (AvgIpc) is 2.57. The van der Waals surface area contributed by atoms with Crippen molar-refractivity contribution in [3.05, 3.63) is 23.8 Å². The molecule has 0 radical (unpaired) electrons. The molecule has 0 aliphatic carbocycles. The van der Waals surface area contributed by atoms with Gasteiger partial charge >= 0.3 is 5.97 Å². The molecule has 0 spiro atoms. The molecule has 24 heavy (non-hydrogen) atoms. The van der Waals surface area contributed by atoms with Gasteiger partial charge in [0.25, 0.3) is 5.91 Å². The summed E-state index contributed by atoms with van der Waals surface area (Å²) in [5.74, 6) is -1.86. The first kappa shape index (κ1) is 19.9. The van der Waals surface area contributed by atoms with E-state index in [0.29, 0.717) is 0 Å². The minimum Gasteiger partial charge on any atom is -0.495 e. The number of hydrogen-bond donors (Lipinski definition) is 3. The molecule has 0 bridgehead atoms. The van der Waals surface area contributed by atoms with E-state index in [2.05, 4.69) is 10.0 Å². The number of sulfonamides is 1. The number of nitrogens with one attached hydrogen (secondary N) is 2. The highest BCUT2D eigenvalue weighted by Gasteiger charge is 2.23. The van der Waals surface area contributed by atoms with Crippen LogP contribution in [0.15, 0.2) is 23.1 Å². The summed E-state index contributed by atoms with van der Waals surface area (Å²) in [5, 5.41) is 11.4. The zero-order chi connectivity index (χ0) is 18.3. The smallest absolute Gasteiger partial charge is 0.326 e. The highest BCUT2D eigenvalue weighted by Crippen LogP contribution is 2.24. The number of carboxylic acid groups (broad SMARTS) is 1. The molecule has 1 amide bonds. The molecule has 0 aliphatic heterocycles. The van der Waals surface area contributed by atoms with Crippen LogP contribution in [0.5, 0.6) is 5.75 Å². The molecule has 1 unspecified atom stereocenters. The van der Waals surface area contributed by atoms with Crippen molar-refractivity contribution >= 4 is 21.9 Å². The monoisotopic (exact) mass is 360 g/mol. The third-order valence-electron chi connectivity index (χ3n) is 3.20. The van der Waals surface area contributed by atoms with E-state index in [1.54, 1.807) is 0 Å². The minimum absolute atomic E-state index is 0.00621. The van der Waals surface area contributed by atoms with E-state index in [1.807, 2.05) is 0 Å². The maximum absolute atomic E-state index is 12.2. The van der Waals surface area contributed by atoms with E-state index in [4.69, 9.17) is 14.6 Å². The zero-order valence-corrected chi connectivity index (χ0v) is 14.3. The van der Waals surface area contributed by atoms with Crippen molar-refractivity contribution in [2.75, 3.05) is 27.9 Å². The van der Waals surface area contributed by atoms with Gasteiger partial charge < -0.3 is 19.9 Å². The highest BCUT2D eigenvalue weighted by atomic mass is 32.2. The predicted molar refractivity (Wildman–Crippen MR) is 84.6 cm³/mol. The second-order valence-corrected chi connectivity index (χ2v) is 6.57. The van der Waals surface area contributed by atoms with E-state index in [0.717, 1.165) is 6.07 Å². The van der Waals surface area contributed by atoms with Crippen LogP contribution in [0.1, 0.15) is 16.8 Å². The van der Waals surface area contributed by atoms with Gasteiger partial charge in [-0.1, -0.05) is 0 Å². The Morgan fingerprint density at radius 3 is 2.46 bits per heavy atom. The van der Waals surface area contributed by atoms with Crippen molar-refractivity contribution in [2.45, 2.75) is 17.4 Å². The Morgan fingerprint density at radius 2 is 1.96 bits per heavy atom. The summed E-state index contributed by atoms with van der Waals surface area (Å²) in [6, 6.07) is 2.64. The van der Waals surface area contributed by atoms with E-state index in [1.165, 1.54) is 33.4 Å². The standard InChI is InChI=1S/C14H20N2O7S/c1-15-24(20,21)12-8-9(4-5-11(12)23-3)13(17)16-10(14(18)19)6-7-22-2/h4-5,8,10,15H,6-7H2,1-3H3,(H,16,17)(H,18,19). The maximum Gasteiger partial charge on any atom is 0.326 e. The Morgan fingerprint density at radius 1 is 1.29 bits per heavy atom. The molecule has 0 aliphatic rings. The van der Waals surface area contributed by atoms with Crippen LogP contribution in [0.2, 0.25) is 0 Å². The number of carbonyl (C=O) groups is 2. The quantitative estimate of drug-likeness (QED) is 0.557. The topological polar surface area (TPSA) is 131 Å². The molecular formula is C14H20N2O7S. The van der Waals surface area contributed by atoms with Crippen LogP contribution in [0, 0.1) is 0 Å². The van der Waals surface area contributed by atoms with Gasteiger partial charge in [0, 0.05) is 25.7 Å². The Balaban J connectivity index is 3.11. The summed E-state index contributed by atoms with van der Waals surface area (Å²) in [6.07, 6.45) is 0.0788. The molecule has 0 fully saturated rings. The van der Waals surface area contributed by atoms with E-state index < -0.39 is 27.9 Å². The Kier molecular flexibility index (Phi) is 7.14. The second-order valence-electron chi connectivity index (χ2n) is 4.72. The second kappa shape index (κ2) is 8.62. The third-order valence-corrected chi connectivity index (χ3v) is 4.63. The van der Waals surface area contributed by atoms with Crippen molar-refractivity contribution < 1.29 is 32.6 Å². The molecule has 3 N–H and O–H groups in total. The van der Waals surface area contributed by atoms with E-state index >= 15 is 0 Å². The Bertz CT molecular complexity index is 703. The lowest BCUT2D eigenvalue weighted by Gasteiger charge is -2.15. The fourth-order valence-electron chi connectivity index (χ4n) is 1.87. The van der Waals surface area contributed by atoms with Gasteiger partial charge in [0.1, 0.15) is 16.7 Å². The number of methoxy groups -OCH3 is 2. The predicted octanol–water partition coefficient (Wildman–Crippen LogP) is -0.177. The van der Waals surface area contributed by atoms with Crippen molar-refractivity contribution in [3.8, 4) is 5.75 Å². The average molecular weight is 360 g/mol. The highest BCUT2D eigenvalue weighted by molar-refractivity contribution is 7.89. The molecule has 1 aromatic carbocycles. The fraction of sp³-hybridized carbons (Fsp3) is 0.429. The number of aliphatic carboxylic acids is 1. The number of hydrogen-bond acceptors (Lipinski definition) is 6. The normalized spacial score (nSPS) is 12.5. The van der Waals surface area contributed by atoms with Gasteiger partial charge in [-0.3, -0.25) is 4.79 Å². The van der Waals surface area contributed by atoms with Crippen LogP contribution in [0.3, 0.4) is 0 Å². The van der Waals surface area contributed by atoms with Crippen LogP contribution in [0.25, 0.3) is 0 Å². The van der Waals surface area contributed by atoms with Crippen LogP contribution >= 0.6 is 0 Å². The molecular weight excluding hydrogens is 340 g/mol. The van der Waals surface area contributed by atoms with Crippen molar-refractivity contribution in [3.63, 3.8) is 0 Å². The molecule has 1 rings (SSSR count). The van der Waals surface area contributed by atoms with Crippen LogP contribution in [-0.2, 0) is 19.6 Å². The van der Waals surface area contributed by atoms with Crippen LogP contribution in [-0.4, -0.2) is 59.3 Å². The molecule has 9 nitrogen and oxygen atoms in total. The molecule has 0 aromatic heterocycles.